The highest BCUT2D eigenvalue weighted by atomic mass is 33.1. The molecule has 0 unspecified atom stereocenters. The largest absolute Gasteiger partial charge is 0.392 e. The Kier molecular flexibility index (Phi) is 4.54. The standard InChI is InChI=1S/C14H14OS2/c1-11-2-6-13(7-3-11)16-17-14-8-4-12(10-15)5-9-14/h2-9,15H,10H2,1H3. The van der Waals surface area contributed by atoms with Crippen molar-refractivity contribution in [2.24, 2.45) is 0 Å². The second-order valence-corrected chi connectivity index (χ2v) is 6.06. The van der Waals surface area contributed by atoms with Gasteiger partial charge in [0.1, 0.15) is 0 Å². The molecule has 88 valence electrons. The fourth-order valence-electron chi connectivity index (χ4n) is 1.34. The molecule has 0 heterocycles. The molecule has 2 aromatic carbocycles. The third kappa shape index (κ3) is 3.80. The van der Waals surface area contributed by atoms with Gasteiger partial charge in [0, 0.05) is 9.79 Å². The topological polar surface area (TPSA) is 20.2 Å². The van der Waals surface area contributed by atoms with E-state index in [0.29, 0.717) is 0 Å². The van der Waals surface area contributed by atoms with Crippen LogP contribution in [0.25, 0.3) is 0 Å². The molecule has 2 aromatic rings. The highest BCUT2D eigenvalue weighted by Crippen LogP contribution is 2.37. The van der Waals surface area contributed by atoms with Crippen molar-refractivity contribution in [3.63, 3.8) is 0 Å². The predicted octanol–water partition coefficient (Wildman–Crippen LogP) is 4.29. The zero-order chi connectivity index (χ0) is 12.1. The molecular formula is C14H14OS2. The normalized spacial score (nSPS) is 10.5. The Balaban J connectivity index is 1.95. The van der Waals surface area contributed by atoms with E-state index in [0.717, 1.165) is 5.56 Å². The Hall–Kier alpha value is -0.900. The van der Waals surface area contributed by atoms with E-state index in [1.807, 2.05) is 24.3 Å². The van der Waals surface area contributed by atoms with E-state index in [1.165, 1.54) is 15.4 Å². The molecule has 0 atom stereocenters. The van der Waals surface area contributed by atoms with Crippen LogP contribution in [0.4, 0.5) is 0 Å². The van der Waals surface area contributed by atoms with Crippen molar-refractivity contribution < 1.29 is 5.11 Å². The van der Waals surface area contributed by atoms with Crippen LogP contribution in [0, 0.1) is 6.92 Å². The Labute approximate surface area is 110 Å². The van der Waals surface area contributed by atoms with Gasteiger partial charge in [-0.05, 0) is 36.8 Å². The van der Waals surface area contributed by atoms with Crippen LogP contribution >= 0.6 is 21.6 Å². The molecule has 0 spiro atoms. The average Bonchev–Trinajstić information content (AvgIpc) is 2.39. The van der Waals surface area contributed by atoms with Gasteiger partial charge in [-0.25, -0.2) is 0 Å². The zero-order valence-corrected chi connectivity index (χ0v) is 11.2. The Bertz CT molecular complexity index is 463. The van der Waals surface area contributed by atoms with Gasteiger partial charge in [-0.3, -0.25) is 0 Å². The van der Waals surface area contributed by atoms with Crippen LogP contribution < -0.4 is 0 Å². The maximum absolute atomic E-state index is 8.95. The highest BCUT2D eigenvalue weighted by Gasteiger charge is 1.98. The summed E-state index contributed by atoms with van der Waals surface area (Å²) in [5, 5.41) is 8.95. The molecule has 0 radical (unpaired) electrons. The predicted molar refractivity (Wildman–Crippen MR) is 75.3 cm³/mol. The molecule has 17 heavy (non-hydrogen) atoms. The van der Waals surface area contributed by atoms with E-state index in [4.69, 9.17) is 5.11 Å². The number of rotatable bonds is 4. The van der Waals surface area contributed by atoms with Gasteiger partial charge in [0.15, 0.2) is 0 Å². The summed E-state index contributed by atoms with van der Waals surface area (Å²) >= 11 is 0. The summed E-state index contributed by atoms with van der Waals surface area (Å²) in [5.41, 5.74) is 2.24. The van der Waals surface area contributed by atoms with E-state index in [1.54, 1.807) is 21.6 Å². The first-order valence-corrected chi connectivity index (χ1v) is 7.54. The molecule has 0 saturated heterocycles. The lowest BCUT2D eigenvalue weighted by Gasteiger charge is -2.02. The summed E-state index contributed by atoms with van der Waals surface area (Å²) in [6, 6.07) is 16.5. The van der Waals surface area contributed by atoms with E-state index in [9.17, 15) is 0 Å². The Morgan fingerprint density at radius 3 is 1.76 bits per heavy atom. The molecule has 3 heteroatoms. The maximum Gasteiger partial charge on any atom is 0.0681 e. The van der Waals surface area contributed by atoms with E-state index < -0.39 is 0 Å². The highest BCUT2D eigenvalue weighted by molar-refractivity contribution is 8.76. The smallest absolute Gasteiger partial charge is 0.0681 e. The third-order valence-corrected chi connectivity index (χ3v) is 4.78. The van der Waals surface area contributed by atoms with Crippen LogP contribution in [-0.2, 0) is 6.61 Å². The quantitative estimate of drug-likeness (QED) is 0.830. The summed E-state index contributed by atoms with van der Waals surface area (Å²) < 4.78 is 0. The third-order valence-electron chi connectivity index (χ3n) is 2.36. The summed E-state index contributed by atoms with van der Waals surface area (Å²) in [7, 11) is 3.48. The number of aliphatic hydroxyl groups excluding tert-OH is 1. The lowest BCUT2D eigenvalue weighted by molar-refractivity contribution is 0.282. The van der Waals surface area contributed by atoms with E-state index in [2.05, 4.69) is 31.2 Å². The van der Waals surface area contributed by atoms with Crippen molar-refractivity contribution in [1.82, 2.24) is 0 Å². The summed E-state index contributed by atoms with van der Waals surface area (Å²) in [4.78, 5) is 2.46. The van der Waals surface area contributed by atoms with E-state index in [-0.39, 0.29) is 6.61 Å². The molecule has 1 nitrogen and oxygen atoms in total. The Morgan fingerprint density at radius 1 is 0.824 bits per heavy atom. The van der Waals surface area contributed by atoms with Crippen molar-refractivity contribution in [3.05, 3.63) is 59.7 Å². The van der Waals surface area contributed by atoms with E-state index >= 15 is 0 Å². The SMILES string of the molecule is Cc1ccc(SSc2ccc(CO)cc2)cc1. The van der Waals surface area contributed by atoms with Gasteiger partial charge in [-0.2, -0.15) is 0 Å². The van der Waals surface area contributed by atoms with Crippen LogP contribution in [-0.4, -0.2) is 5.11 Å². The number of aliphatic hydroxyl groups is 1. The molecule has 0 fully saturated rings. The molecule has 2 rings (SSSR count). The van der Waals surface area contributed by atoms with Crippen molar-refractivity contribution in [2.45, 2.75) is 23.3 Å². The fraction of sp³-hybridized carbons (Fsp3) is 0.143. The first-order chi connectivity index (χ1) is 8.28. The van der Waals surface area contributed by atoms with Gasteiger partial charge >= 0.3 is 0 Å². The van der Waals surface area contributed by atoms with Gasteiger partial charge in [0.2, 0.25) is 0 Å². The summed E-state index contributed by atoms with van der Waals surface area (Å²) in [6.45, 7) is 2.20. The van der Waals surface area contributed by atoms with Crippen LogP contribution in [0.5, 0.6) is 0 Å². The van der Waals surface area contributed by atoms with Crippen LogP contribution in [0.15, 0.2) is 58.3 Å². The minimum atomic E-state index is 0.107. The fourth-order valence-corrected chi connectivity index (χ4v) is 3.27. The van der Waals surface area contributed by atoms with Crippen molar-refractivity contribution >= 4 is 21.6 Å². The van der Waals surface area contributed by atoms with Crippen molar-refractivity contribution in [1.29, 1.82) is 0 Å². The average molecular weight is 262 g/mol. The molecular weight excluding hydrogens is 248 g/mol. The van der Waals surface area contributed by atoms with Crippen LogP contribution in [0.3, 0.4) is 0 Å². The molecule has 0 bridgehead atoms. The van der Waals surface area contributed by atoms with Gasteiger partial charge in [0.25, 0.3) is 0 Å². The second-order valence-electron chi connectivity index (χ2n) is 3.78. The molecule has 0 aliphatic carbocycles. The van der Waals surface area contributed by atoms with Gasteiger partial charge < -0.3 is 5.11 Å². The van der Waals surface area contributed by atoms with Gasteiger partial charge in [0.05, 0.1) is 6.61 Å². The molecule has 0 amide bonds. The van der Waals surface area contributed by atoms with Crippen molar-refractivity contribution in [2.75, 3.05) is 0 Å². The first-order valence-electron chi connectivity index (χ1n) is 5.39. The first kappa shape index (κ1) is 12.6. The Morgan fingerprint density at radius 2 is 1.29 bits per heavy atom. The summed E-state index contributed by atoms with van der Waals surface area (Å²) in [6.07, 6.45) is 0. The number of hydrogen-bond donors (Lipinski definition) is 1. The van der Waals surface area contributed by atoms with Crippen molar-refractivity contribution in [3.8, 4) is 0 Å². The molecule has 1 N–H and O–H groups in total. The maximum atomic E-state index is 8.95. The molecule has 0 saturated carbocycles. The molecule has 0 aromatic heterocycles. The van der Waals surface area contributed by atoms with Crippen LogP contribution in [0.1, 0.15) is 11.1 Å². The minimum Gasteiger partial charge on any atom is -0.392 e. The van der Waals surface area contributed by atoms with Gasteiger partial charge in [-0.1, -0.05) is 51.4 Å². The van der Waals surface area contributed by atoms with Crippen LogP contribution in [0.2, 0.25) is 0 Å². The lowest BCUT2D eigenvalue weighted by atomic mass is 10.2. The zero-order valence-electron chi connectivity index (χ0n) is 9.59. The number of aryl methyl sites for hydroxylation is 1. The molecule has 0 aliphatic heterocycles. The number of hydrogen-bond acceptors (Lipinski definition) is 3. The lowest BCUT2D eigenvalue weighted by Crippen LogP contribution is -1.80. The van der Waals surface area contributed by atoms with Gasteiger partial charge in [-0.15, -0.1) is 0 Å². The minimum absolute atomic E-state index is 0.107. The molecule has 0 aliphatic rings. The number of benzene rings is 2. The second kappa shape index (κ2) is 6.15. The monoisotopic (exact) mass is 262 g/mol. The summed E-state index contributed by atoms with van der Waals surface area (Å²) in [5.74, 6) is 0.